The zero-order valence-electron chi connectivity index (χ0n) is 14.5. The van der Waals surface area contributed by atoms with Gasteiger partial charge in [-0.25, -0.2) is 0 Å². The van der Waals surface area contributed by atoms with Crippen LogP contribution in [0.25, 0.3) is 0 Å². The zero-order valence-corrected chi connectivity index (χ0v) is 14.5. The topological polar surface area (TPSA) is 75.6 Å². The number of carboxylic acid groups (broad SMARTS) is 1. The second-order valence-corrected chi connectivity index (χ2v) is 6.94. The molecule has 1 aliphatic heterocycles. The summed E-state index contributed by atoms with van der Waals surface area (Å²) in [5.41, 5.74) is 0.246. The lowest BCUT2D eigenvalue weighted by molar-refractivity contribution is -0.154. The second kappa shape index (κ2) is 8.29. The summed E-state index contributed by atoms with van der Waals surface area (Å²) in [6.45, 7) is 5.23. The van der Waals surface area contributed by atoms with Crippen molar-refractivity contribution in [2.45, 2.75) is 39.0 Å². The molecule has 5 nitrogen and oxygen atoms in total. The molecule has 2 N–H and O–H groups in total. The van der Waals surface area contributed by atoms with E-state index >= 15 is 0 Å². The highest BCUT2D eigenvalue weighted by Crippen LogP contribution is 2.31. The minimum Gasteiger partial charge on any atom is -0.481 e. The third-order valence-electron chi connectivity index (χ3n) is 4.97. The van der Waals surface area contributed by atoms with Gasteiger partial charge in [-0.1, -0.05) is 44.2 Å². The van der Waals surface area contributed by atoms with E-state index in [0.717, 1.165) is 5.56 Å². The first-order chi connectivity index (χ1) is 11.4. The molecule has 1 aromatic carbocycles. The summed E-state index contributed by atoms with van der Waals surface area (Å²) in [4.78, 5) is 24.0. The van der Waals surface area contributed by atoms with Gasteiger partial charge in [0.2, 0.25) is 5.91 Å². The number of carbonyl (C=O) groups excluding carboxylic acids is 1. The maximum absolute atomic E-state index is 12.4. The van der Waals surface area contributed by atoms with Crippen molar-refractivity contribution in [1.82, 2.24) is 5.32 Å². The largest absolute Gasteiger partial charge is 0.481 e. The highest BCUT2D eigenvalue weighted by Gasteiger charge is 2.40. The SMILES string of the molecule is CC(C)C(CC(=O)NCC1(C(=O)O)CCOCC1)c1ccccc1. The van der Waals surface area contributed by atoms with Crippen molar-refractivity contribution in [2.24, 2.45) is 11.3 Å². The Hall–Kier alpha value is -1.88. The van der Waals surface area contributed by atoms with Crippen molar-refractivity contribution < 1.29 is 19.4 Å². The molecule has 1 fully saturated rings. The summed E-state index contributed by atoms with van der Waals surface area (Å²) < 4.78 is 5.26. The molecule has 132 valence electrons. The summed E-state index contributed by atoms with van der Waals surface area (Å²) in [7, 11) is 0. The van der Waals surface area contributed by atoms with Gasteiger partial charge in [-0.05, 0) is 30.2 Å². The molecule has 0 aliphatic carbocycles. The van der Waals surface area contributed by atoms with Crippen LogP contribution in [-0.4, -0.2) is 36.7 Å². The van der Waals surface area contributed by atoms with Gasteiger partial charge in [-0.15, -0.1) is 0 Å². The molecule has 0 aromatic heterocycles. The van der Waals surface area contributed by atoms with Crippen LogP contribution in [0.3, 0.4) is 0 Å². The molecule has 0 saturated carbocycles. The van der Waals surface area contributed by atoms with Crippen LogP contribution in [0.5, 0.6) is 0 Å². The van der Waals surface area contributed by atoms with E-state index in [4.69, 9.17) is 4.74 Å². The van der Waals surface area contributed by atoms with Crippen molar-refractivity contribution in [1.29, 1.82) is 0 Å². The van der Waals surface area contributed by atoms with Crippen molar-refractivity contribution in [3.63, 3.8) is 0 Å². The zero-order chi connectivity index (χ0) is 17.6. The van der Waals surface area contributed by atoms with Crippen LogP contribution in [0.4, 0.5) is 0 Å². The van der Waals surface area contributed by atoms with Crippen LogP contribution >= 0.6 is 0 Å². The summed E-state index contributed by atoms with van der Waals surface area (Å²) in [5.74, 6) is -0.490. The van der Waals surface area contributed by atoms with Crippen LogP contribution < -0.4 is 5.32 Å². The fraction of sp³-hybridized carbons (Fsp3) is 0.579. The molecular weight excluding hydrogens is 306 g/mol. The predicted molar refractivity (Wildman–Crippen MR) is 91.8 cm³/mol. The first-order valence-electron chi connectivity index (χ1n) is 8.57. The number of hydrogen-bond acceptors (Lipinski definition) is 3. The van der Waals surface area contributed by atoms with E-state index in [1.54, 1.807) is 0 Å². The predicted octanol–water partition coefficient (Wildman–Crippen LogP) is 2.81. The molecule has 1 amide bonds. The number of benzene rings is 1. The average molecular weight is 333 g/mol. The van der Waals surface area contributed by atoms with Gasteiger partial charge in [0.25, 0.3) is 0 Å². The molecule has 1 atom stereocenters. The monoisotopic (exact) mass is 333 g/mol. The number of carboxylic acids is 1. The molecule has 1 unspecified atom stereocenters. The van der Waals surface area contributed by atoms with E-state index in [0.29, 0.717) is 38.4 Å². The molecule has 24 heavy (non-hydrogen) atoms. The normalized spacial score (nSPS) is 18.1. The lowest BCUT2D eigenvalue weighted by Crippen LogP contribution is -2.46. The van der Waals surface area contributed by atoms with Gasteiger partial charge >= 0.3 is 5.97 Å². The van der Waals surface area contributed by atoms with Crippen molar-refractivity contribution in [3.05, 3.63) is 35.9 Å². The first-order valence-corrected chi connectivity index (χ1v) is 8.57. The van der Waals surface area contributed by atoms with E-state index in [-0.39, 0.29) is 18.4 Å². The Labute approximate surface area is 143 Å². The smallest absolute Gasteiger partial charge is 0.311 e. The van der Waals surface area contributed by atoms with E-state index in [1.165, 1.54) is 0 Å². The third-order valence-corrected chi connectivity index (χ3v) is 4.97. The van der Waals surface area contributed by atoms with Crippen LogP contribution in [0.2, 0.25) is 0 Å². The Bertz CT molecular complexity index is 550. The van der Waals surface area contributed by atoms with Crippen LogP contribution in [0.15, 0.2) is 30.3 Å². The Morgan fingerprint density at radius 2 is 1.83 bits per heavy atom. The number of nitrogens with one attached hydrogen (secondary N) is 1. The molecule has 1 saturated heterocycles. The van der Waals surface area contributed by atoms with Gasteiger partial charge in [0.15, 0.2) is 0 Å². The summed E-state index contributed by atoms with van der Waals surface area (Å²) in [6, 6.07) is 9.99. The maximum atomic E-state index is 12.4. The standard InChI is InChI=1S/C19H27NO4/c1-14(2)16(15-6-4-3-5-7-15)12-17(21)20-13-19(18(22)23)8-10-24-11-9-19/h3-7,14,16H,8-13H2,1-2H3,(H,20,21)(H,22,23). The Kier molecular flexibility index (Phi) is 6.37. The highest BCUT2D eigenvalue weighted by atomic mass is 16.5. The van der Waals surface area contributed by atoms with Crippen molar-refractivity contribution in [3.8, 4) is 0 Å². The number of amides is 1. The first kappa shape index (κ1) is 18.5. The fourth-order valence-electron chi connectivity index (χ4n) is 3.21. The van der Waals surface area contributed by atoms with Crippen LogP contribution in [-0.2, 0) is 14.3 Å². The molecule has 1 heterocycles. The highest BCUT2D eigenvalue weighted by molar-refractivity contribution is 5.79. The number of ether oxygens (including phenoxy) is 1. The molecule has 0 radical (unpaired) electrons. The van der Waals surface area contributed by atoms with E-state index in [2.05, 4.69) is 19.2 Å². The fourth-order valence-corrected chi connectivity index (χ4v) is 3.21. The average Bonchev–Trinajstić information content (AvgIpc) is 2.59. The molecule has 0 bridgehead atoms. The quantitative estimate of drug-likeness (QED) is 0.804. The van der Waals surface area contributed by atoms with Gasteiger partial charge in [-0.2, -0.15) is 0 Å². The van der Waals surface area contributed by atoms with Gasteiger partial charge in [0.05, 0.1) is 5.41 Å². The minimum absolute atomic E-state index is 0.0929. The van der Waals surface area contributed by atoms with E-state index in [9.17, 15) is 14.7 Å². The van der Waals surface area contributed by atoms with Gasteiger partial charge in [0.1, 0.15) is 0 Å². The van der Waals surface area contributed by atoms with Gasteiger partial charge in [0, 0.05) is 26.2 Å². The molecule has 5 heteroatoms. The molecule has 1 aliphatic rings. The Morgan fingerprint density at radius 3 is 2.38 bits per heavy atom. The van der Waals surface area contributed by atoms with Gasteiger partial charge < -0.3 is 15.2 Å². The van der Waals surface area contributed by atoms with Crippen LogP contribution in [0.1, 0.15) is 44.6 Å². The molecule has 1 aromatic rings. The Balaban J connectivity index is 1.97. The lowest BCUT2D eigenvalue weighted by Gasteiger charge is -2.33. The number of rotatable bonds is 7. The third kappa shape index (κ3) is 4.57. The molecule has 2 rings (SSSR count). The number of carbonyl (C=O) groups is 2. The van der Waals surface area contributed by atoms with Crippen molar-refractivity contribution in [2.75, 3.05) is 19.8 Å². The van der Waals surface area contributed by atoms with Gasteiger partial charge in [-0.3, -0.25) is 9.59 Å². The summed E-state index contributed by atoms with van der Waals surface area (Å²) in [5, 5.41) is 12.4. The maximum Gasteiger partial charge on any atom is 0.311 e. The minimum atomic E-state index is -0.895. The number of aliphatic carboxylic acids is 1. The molecular formula is C19H27NO4. The summed E-state index contributed by atoms with van der Waals surface area (Å²) >= 11 is 0. The summed E-state index contributed by atoms with van der Waals surface area (Å²) in [6.07, 6.45) is 1.25. The van der Waals surface area contributed by atoms with E-state index < -0.39 is 11.4 Å². The molecule has 0 spiro atoms. The lowest BCUT2D eigenvalue weighted by atomic mass is 9.80. The second-order valence-electron chi connectivity index (χ2n) is 6.94. The van der Waals surface area contributed by atoms with Crippen LogP contribution in [0, 0.1) is 11.3 Å². The van der Waals surface area contributed by atoms with E-state index in [1.807, 2.05) is 30.3 Å². The Morgan fingerprint density at radius 1 is 1.21 bits per heavy atom. The van der Waals surface area contributed by atoms with Crippen molar-refractivity contribution >= 4 is 11.9 Å². The number of hydrogen-bond donors (Lipinski definition) is 2.